The average molecular weight is 536 g/mol. The fourth-order valence-corrected chi connectivity index (χ4v) is 5.37. The fourth-order valence-electron chi connectivity index (χ4n) is 5.25. The Kier molecular flexibility index (Phi) is 6.88. The summed E-state index contributed by atoms with van der Waals surface area (Å²) < 4.78 is 23.8. The van der Waals surface area contributed by atoms with Gasteiger partial charge in [-0.2, -0.15) is 0 Å². The number of hydrogen-bond acceptors (Lipinski definition) is 7. The summed E-state index contributed by atoms with van der Waals surface area (Å²) in [6.45, 7) is 4.19. The Hall–Kier alpha value is -3.30. The van der Waals surface area contributed by atoms with Crippen LogP contribution in [0.1, 0.15) is 12.0 Å². The first-order valence-corrected chi connectivity index (χ1v) is 13.2. The minimum atomic E-state index is -1.52. The Bertz CT molecular complexity index is 1280. The van der Waals surface area contributed by atoms with Crippen molar-refractivity contribution in [1.82, 2.24) is 4.90 Å². The quantitative estimate of drug-likeness (QED) is 0.461. The molecular weight excluding hydrogens is 506 g/mol. The van der Waals surface area contributed by atoms with Gasteiger partial charge in [0.15, 0.2) is 0 Å². The first-order chi connectivity index (χ1) is 18.6. The van der Waals surface area contributed by atoms with E-state index >= 15 is 0 Å². The number of carbonyl (C=O) groups is 1. The number of anilines is 2. The molecule has 0 saturated carbocycles. The van der Waals surface area contributed by atoms with Crippen LogP contribution >= 0.6 is 11.6 Å². The van der Waals surface area contributed by atoms with E-state index in [2.05, 4.69) is 21.9 Å². The van der Waals surface area contributed by atoms with Gasteiger partial charge >= 0.3 is 0 Å². The number of methoxy groups -OCH3 is 1. The van der Waals surface area contributed by atoms with Crippen LogP contribution in [0.3, 0.4) is 0 Å². The lowest BCUT2D eigenvalue weighted by Gasteiger charge is -2.39. The van der Waals surface area contributed by atoms with Gasteiger partial charge in [0.05, 0.1) is 26.1 Å². The molecule has 8 nitrogen and oxygen atoms in total. The van der Waals surface area contributed by atoms with Gasteiger partial charge in [0.25, 0.3) is 11.7 Å². The molecule has 1 spiro atoms. The number of halogens is 1. The minimum absolute atomic E-state index is 0.222. The topological polar surface area (TPSA) is 63.7 Å². The molecule has 0 aromatic heterocycles. The zero-order chi connectivity index (χ0) is 26.1. The van der Waals surface area contributed by atoms with E-state index in [1.807, 2.05) is 36.4 Å². The zero-order valence-corrected chi connectivity index (χ0v) is 22.0. The molecule has 0 radical (unpaired) electrons. The molecule has 0 unspecified atom stereocenters. The van der Waals surface area contributed by atoms with Crippen molar-refractivity contribution < 1.29 is 23.7 Å². The second-order valence-corrected chi connectivity index (χ2v) is 10.0. The van der Waals surface area contributed by atoms with Crippen LogP contribution in [0.5, 0.6) is 11.5 Å². The zero-order valence-electron chi connectivity index (χ0n) is 21.2. The molecule has 3 aromatic carbocycles. The number of amides is 1. The van der Waals surface area contributed by atoms with Crippen molar-refractivity contribution in [2.45, 2.75) is 18.5 Å². The van der Waals surface area contributed by atoms with Crippen LogP contribution in [0.4, 0.5) is 11.4 Å². The van der Waals surface area contributed by atoms with E-state index < -0.39 is 12.1 Å². The monoisotopic (exact) mass is 535 g/mol. The molecule has 2 fully saturated rings. The van der Waals surface area contributed by atoms with Crippen molar-refractivity contribution in [3.63, 3.8) is 0 Å². The van der Waals surface area contributed by atoms with Gasteiger partial charge in [-0.15, -0.1) is 0 Å². The summed E-state index contributed by atoms with van der Waals surface area (Å²) in [7, 11) is 1.67. The number of nitrogens with zero attached hydrogens (tertiary/aromatic N) is 3. The van der Waals surface area contributed by atoms with Crippen molar-refractivity contribution in [2.24, 2.45) is 0 Å². The molecule has 2 saturated heterocycles. The van der Waals surface area contributed by atoms with Crippen LogP contribution in [-0.2, 0) is 20.1 Å². The summed E-state index contributed by atoms with van der Waals surface area (Å²) in [6, 6.07) is 22.9. The summed E-state index contributed by atoms with van der Waals surface area (Å²) in [5.41, 5.74) is 2.69. The maximum atomic E-state index is 14.0. The Balaban J connectivity index is 1.15. The summed E-state index contributed by atoms with van der Waals surface area (Å²) in [5, 5.41) is 0.627. The highest BCUT2D eigenvalue weighted by molar-refractivity contribution is 6.30. The van der Waals surface area contributed by atoms with E-state index in [9.17, 15) is 4.79 Å². The molecule has 3 aromatic rings. The van der Waals surface area contributed by atoms with Crippen molar-refractivity contribution in [3.05, 3.63) is 83.4 Å². The van der Waals surface area contributed by atoms with Gasteiger partial charge in [-0.05, 0) is 54.6 Å². The molecule has 3 aliphatic rings. The average Bonchev–Trinajstić information content (AvgIpc) is 3.17. The number of fused-ring (bicyclic) bond motifs is 2. The maximum Gasteiger partial charge on any atom is 0.293 e. The summed E-state index contributed by atoms with van der Waals surface area (Å²) in [6.07, 6.45) is -0.123. The van der Waals surface area contributed by atoms with Gasteiger partial charge in [0, 0.05) is 48.9 Å². The van der Waals surface area contributed by atoms with E-state index in [1.54, 1.807) is 36.3 Å². The number of piperazine rings is 1. The first-order valence-electron chi connectivity index (χ1n) is 12.8. The summed E-state index contributed by atoms with van der Waals surface area (Å²) in [5.74, 6) is -0.264. The van der Waals surface area contributed by atoms with Crippen molar-refractivity contribution >= 4 is 28.9 Å². The lowest BCUT2D eigenvalue weighted by molar-refractivity contribution is -0.316. The van der Waals surface area contributed by atoms with E-state index in [0.717, 1.165) is 37.6 Å². The molecule has 6 rings (SSSR count). The van der Waals surface area contributed by atoms with E-state index in [1.165, 1.54) is 5.69 Å². The predicted molar refractivity (Wildman–Crippen MR) is 145 cm³/mol. The summed E-state index contributed by atoms with van der Waals surface area (Å²) in [4.78, 5) is 20.4. The number of ether oxygens (including phenoxy) is 4. The van der Waals surface area contributed by atoms with Gasteiger partial charge < -0.3 is 19.1 Å². The molecule has 0 aliphatic carbocycles. The highest BCUT2D eigenvalue weighted by Gasteiger charge is 2.57. The molecule has 3 aliphatic heterocycles. The van der Waals surface area contributed by atoms with E-state index in [0.29, 0.717) is 36.0 Å². The number of para-hydroxylation sites is 1. The third kappa shape index (κ3) is 4.69. The Morgan fingerprint density at radius 2 is 1.66 bits per heavy atom. The van der Waals surface area contributed by atoms with E-state index in [-0.39, 0.29) is 5.91 Å². The molecule has 0 bridgehead atoms. The molecule has 1 amide bonds. The normalized spacial score (nSPS) is 23.5. The van der Waals surface area contributed by atoms with Gasteiger partial charge in [-0.25, -0.2) is 0 Å². The molecule has 2 atom stereocenters. The minimum Gasteiger partial charge on any atom is -0.497 e. The Labute approximate surface area is 227 Å². The van der Waals surface area contributed by atoms with Gasteiger partial charge in [-0.1, -0.05) is 29.8 Å². The maximum absolute atomic E-state index is 14.0. The summed E-state index contributed by atoms with van der Waals surface area (Å²) >= 11 is 6.01. The molecule has 198 valence electrons. The van der Waals surface area contributed by atoms with Crippen LogP contribution in [0.15, 0.2) is 72.8 Å². The largest absolute Gasteiger partial charge is 0.497 e. The molecule has 9 heteroatoms. The van der Waals surface area contributed by atoms with E-state index in [4.69, 9.17) is 30.5 Å². The lowest BCUT2D eigenvalue weighted by Crippen LogP contribution is -2.55. The Morgan fingerprint density at radius 1 is 0.947 bits per heavy atom. The first kappa shape index (κ1) is 25.0. The van der Waals surface area contributed by atoms with Crippen LogP contribution in [0, 0.1) is 0 Å². The third-order valence-electron chi connectivity index (χ3n) is 7.26. The SMILES string of the molecule is COc1ccc(N2CCN(CN3C(=O)[C@]4(OCC[C@@H](Oc5ccc(Cl)cc5)O4)c4ccccc43)CC2)cc1. The second kappa shape index (κ2) is 10.5. The van der Waals surface area contributed by atoms with Gasteiger partial charge in [-0.3, -0.25) is 19.3 Å². The van der Waals surface area contributed by atoms with Crippen molar-refractivity contribution in [3.8, 4) is 11.5 Å². The van der Waals surface area contributed by atoms with Crippen LogP contribution in [0.2, 0.25) is 5.02 Å². The number of carbonyl (C=O) groups excluding carboxylic acids is 1. The standard InChI is InChI=1S/C29H30ClN3O5/c1-35-23-12-8-22(9-13-23)32-17-15-31(16-18-32)20-33-26-5-3-2-4-25(26)29(28(33)34)36-19-14-27(38-29)37-24-10-6-21(30)7-11-24/h2-13,27H,14-20H2,1H3/t27-,29-/m0/s1. The second-order valence-electron chi connectivity index (χ2n) is 9.57. The van der Waals surface area contributed by atoms with Crippen molar-refractivity contribution in [2.75, 3.05) is 56.4 Å². The van der Waals surface area contributed by atoms with Gasteiger partial charge in [0.2, 0.25) is 6.29 Å². The number of hydrogen-bond donors (Lipinski definition) is 0. The van der Waals surface area contributed by atoms with Crippen molar-refractivity contribution in [1.29, 1.82) is 0 Å². The number of rotatable bonds is 6. The predicted octanol–water partition coefficient (Wildman–Crippen LogP) is 4.47. The molecule has 3 heterocycles. The Morgan fingerprint density at radius 3 is 2.39 bits per heavy atom. The number of benzene rings is 3. The van der Waals surface area contributed by atoms with Gasteiger partial charge in [0.1, 0.15) is 11.5 Å². The van der Waals surface area contributed by atoms with Crippen LogP contribution < -0.4 is 19.3 Å². The molecule has 0 N–H and O–H groups in total. The van der Waals surface area contributed by atoms with Crippen LogP contribution in [-0.4, -0.2) is 63.7 Å². The smallest absolute Gasteiger partial charge is 0.293 e. The van der Waals surface area contributed by atoms with Crippen LogP contribution in [0.25, 0.3) is 0 Å². The highest BCUT2D eigenvalue weighted by atomic mass is 35.5. The highest BCUT2D eigenvalue weighted by Crippen LogP contribution is 2.46. The molecule has 38 heavy (non-hydrogen) atoms. The lowest BCUT2D eigenvalue weighted by atomic mass is 10.1. The molecular formula is C29H30ClN3O5. The third-order valence-corrected chi connectivity index (χ3v) is 7.52. The fraction of sp³-hybridized carbons (Fsp3) is 0.345.